The molecule has 1 fully saturated rings. The zero-order valence-electron chi connectivity index (χ0n) is 12.3. The average molecular weight is 328 g/mol. The number of halogens is 2. The van der Waals surface area contributed by atoms with Gasteiger partial charge in [0.2, 0.25) is 0 Å². The van der Waals surface area contributed by atoms with Crippen LogP contribution in [0.3, 0.4) is 0 Å². The highest BCUT2D eigenvalue weighted by Gasteiger charge is 2.24. The first-order chi connectivity index (χ1) is 10.2. The Labute approximate surface area is 137 Å². The summed E-state index contributed by atoms with van der Waals surface area (Å²) in [6.07, 6.45) is 9.33. The molecule has 1 atom stereocenters. The standard InChI is InChI=1S/C17H23Cl2NO/c18-13-10-14-16(7-9-21-17(14)15(19)11-13)20-8-3-6-12-4-1-2-5-12/h10-12,16,20H,1-9H2. The molecule has 0 bridgehead atoms. The largest absolute Gasteiger partial charge is 0.492 e. The van der Waals surface area contributed by atoms with Gasteiger partial charge in [-0.15, -0.1) is 0 Å². The molecule has 1 aliphatic heterocycles. The van der Waals surface area contributed by atoms with E-state index >= 15 is 0 Å². The van der Waals surface area contributed by atoms with E-state index in [1.54, 1.807) is 6.07 Å². The van der Waals surface area contributed by atoms with Crippen molar-refractivity contribution in [1.82, 2.24) is 5.32 Å². The molecule has 1 unspecified atom stereocenters. The van der Waals surface area contributed by atoms with Crippen molar-refractivity contribution in [3.63, 3.8) is 0 Å². The summed E-state index contributed by atoms with van der Waals surface area (Å²) in [5.41, 5.74) is 1.11. The first-order valence-electron chi connectivity index (χ1n) is 8.09. The van der Waals surface area contributed by atoms with Gasteiger partial charge in [-0.25, -0.2) is 0 Å². The molecular formula is C17H23Cl2NO. The Balaban J connectivity index is 1.55. The van der Waals surface area contributed by atoms with Gasteiger partial charge >= 0.3 is 0 Å². The fraction of sp³-hybridized carbons (Fsp3) is 0.647. The van der Waals surface area contributed by atoms with Crippen LogP contribution in [0.25, 0.3) is 0 Å². The fourth-order valence-corrected chi connectivity index (χ4v) is 4.17. The summed E-state index contributed by atoms with van der Waals surface area (Å²) in [6.45, 7) is 1.78. The van der Waals surface area contributed by atoms with E-state index < -0.39 is 0 Å². The third-order valence-corrected chi connectivity index (χ3v) is 5.22. The van der Waals surface area contributed by atoms with Gasteiger partial charge in [0.25, 0.3) is 0 Å². The fourth-order valence-electron chi connectivity index (χ4n) is 3.60. The summed E-state index contributed by atoms with van der Waals surface area (Å²) in [7, 11) is 0. The lowest BCUT2D eigenvalue weighted by molar-refractivity contribution is 0.252. The van der Waals surface area contributed by atoms with Crippen molar-refractivity contribution in [2.45, 2.75) is 51.0 Å². The molecule has 0 amide bonds. The predicted molar refractivity (Wildman–Crippen MR) is 88.5 cm³/mol. The molecule has 1 heterocycles. The highest BCUT2D eigenvalue weighted by Crippen LogP contribution is 2.40. The zero-order valence-corrected chi connectivity index (χ0v) is 13.8. The maximum Gasteiger partial charge on any atom is 0.142 e. The van der Waals surface area contributed by atoms with Crippen LogP contribution >= 0.6 is 23.2 Å². The summed E-state index contributed by atoms with van der Waals surface area (Å²) in [5, 5.41) is 4.96. The van der Waals surface area contributed by atoms with Crippen LogP contribution < -0.4 is 10.1 Å². The smallest absolute Gasteiger partial charge is 0.142 e. The van der Waals surface area contributed by atoms with Crippen molar-refractivity contribution < 1.29 is 4.74 Å². The lowest BCUT2D eigenvalue weighted by Gasteiger charge is -2.28. The van der Waals surface area contributed by atoms with Crippen LogP contribution in [-0.4, -0.2) is 13.2 Å². The van der Waals surface area contributed by atoms with Gasteiger partial charge in [0.05, 0.1) is 11.6 Å². The number of hydrogen-bond acceptors (Lipinski definition) is 2. The van der Waals surface area contributed by atoms with Gasteiger partial charge < -0.3 is 10.1 Å². The van der Waals surface area contributed by atoms with Gasteiger partial charge in [-0.05, 0) is 37.4 Å². The quantitative estimate of drug-likeness (QED) is 0.733. The molecule has 1 saturated carbocycles. The highest BCUT2D eigenvalue weighted by atomic mass is 35.5. The minimum atomic E-state index is 0.313. The second-order valence-electron chi connectivity index (χ2n) is 6.24. The second-order valence-corrected chi connectivity index (χ2v) is 7.09. The van der Waals surface area contributed by atoms with Crippen molar-refractivity contribution in [3.05, 3.63) is 27.7 Å². The zero-order chi connectivity index (χ0) is 14.7. The van der Waals surface area contributed by atoms with Crippen molar-refractivity contribution >= 4 is 23.2 Å². The van der Waals surface area contributed by atoms with E-state index in [2.05, 4.69) is 5.32 Å². The Hall–Kier alpha value is -0.440. The van der Waals surface area contributed by atoms with Crippen LogP contribution in [0.15, 0.2) is 12.1 Å². The van der Waals surface area contributed by atoms with Crippen LogP contribution in [0.2, 0.25) is 10.0 Å². The SMILES string of the molecule is Clc1cc(Cl)c2c(c1)C(NCCCC1CCCC1)CCO2. The van der Waals surface area contributed by atoms with Gasteiger partial charge in [0, 0.05) is 23.0 Å². The molecule has 1 aromatic carbocycles. The van der Waals surface area contributed by atoms with E-state index in [0.717, 1.165) is 30.2 Å². The van der Waals surface area contributed by atoms with E-state index in [0.29, 0.717) is 22.7 Å². The lowest BCUT2D eigenvalue weighted by Crippen LogP contribution is -2.28. The van der Waals surface area contributed by atoms with Gasteiger partial charge in [-0.2, -0.15) is 0 Å². The highest BCUT2D eigenvalue weighted by molar-refractivity contribution is 6.35. The molecule has 4 heteroatoms. The molecule has 3 rings (SSSR count). The van der Waals surface area contributed by atoms with Gasteiger partial charge in [-0.1, -0.05) is 48.9 Å². The van der Waals surface area contributed by atoms with E-state index in [-0.39, 0.29) is 0 Å². The summed E-state index contributed by atoms with van der Waals surface area (Å²) >= 11 is 12.3. The van der Waals surface area contributed by atoms with Crippen LogP contribution in [0.5, 0.6) is 5.75 Å². The van der Waals surface area contributed by atoms with Crippen LogP contribution in [0, 0.1) is 5.92 Å². The molecule has 0 radical (unpaired) electrons. The molecule has 21 heavy (non-hydrogen) atoms. The number of ether oxygens (including phenoxy) is 1. The van der Waals surface area contributed by atoms with Gasteiger partial charge in [-0.3, -0.25) is 0 Å². The molecule has 0 aromatic heterocycles. The Morgan fingerprint density at radius 1 is 1.14 bits per heavy atom. The topological polar surface area (TPSA) is 21.3 Å². The summed E-state index contributed by atoms with van der Waals surface area (Å²) in [5.74, 6) is 1.78. The first kappa shape index (κ1) is 15.5. The maximum atomic E-state index is 6.22. The van der Waals surface area contributed by atoms with Crippen LogP contribution in [0.4, 0.5) is 0 Å². The van der Waals surface area contributed by atoms with E-state index in [9.17, 15) is 0 Å². The Kier molecular flexibility index (Phi) is 5.31. The molecule has 1 N–H and O–H groups in total. The average Bonchev–Trinajstić information content (AvgIpc) is 2.97. The van der Waals surface area contributed by atoms with Crippen molar-refractivity contribution in [2.75, 3.05) is 13.2 Å². The maximum absolute atomic E-state index is 6.22. The number of nitrogens with one attached hydrogen (secondary N) is 1. The van der Waals surface area contributed by atoms with E-state index in [4.69, 9.17) is 27.9 Å². The minimum absolute atomic E-state index is 0.313. The Morgan fingerprint density at radius 2 is 1.95 bits per heavy atom. The molecule has 0 spiro atoms. The second kappa shape index (κ2) is 7.21. The number of benzene rings is 1. The van der Waals surface area contributed by atoms with Crippen molar-refractivity contribution in [2.24, 2.45) is 5.92 Å². The summed E-state index contributed by atoms with van der Waals surface area (Å²) in [6, 6.07) is 4.05. The van der Waals surface area contributed by atoms with Gasteiger partial charge in [0.1, 0.15) is 5.75 Å². The molecule has 116 valence electrons. The van der Waals surface area contributed by atoms with E-state index in [1.165, 1.54) is 38.5 Å². The molecular weight excluding hydrogens is 305 g/mol. The summed E-state index contributed by atoms with van der Waals surface area (Å²) < 4.78 is 5.70. The van der Waals surface area contributed by atoms with E-state index in [1.807, 2.05) is 6.07 Å². The molecule has 1 aromatic rings. The number of hydrogen-bond donors (Lipinski definition) is 1. The third kappa shape index (κ3) is 3.85. The Bertz CT molecular complexity index is 486. The third-order valence-electron chi connectivity index (χ3n) is 4.72. The molecule has 1 aliphatic carbocycles. The molecule has 2 nitrogen and oxygen atoms in total. The minimum Gasteiger partial charge on any atom is -0.492 e. The lowest BCUT2D eigenvalue weighted by atomic mass is 9.99. The molecule has 0 saturated heterocycles. The number of rotatable bonds is 5. The monoisotopic (exact) mass is 327 g/mol. The van der Waals surface area contributed by atoms with Crippen LogP contribution in [-0.2, 0) is 0 Å². The van der Waals surface area contributed by atoms with Crippen LogP contribution in [0.1, 0.15) is 56.6 Å². The summed E-state index contributed by atoms with van der Waals surface area (Å²) in [4.78, 5) is 0. The normalized spacial score (nSPS) is 22.1. The number of fused-ring (bicyclic) bond motifs is 1. The Morgan fingerprint density at radius 3 is 2.76 bits per heavy atom. The first-order valence-corrected chi connectivity index (χ1v) is 8.85. The van der Waals surface area contributed by atoms with Crippen molar-refractivity contribution in [1.29, 1.82) is 0 Å². The van der Waals surface area contributed by atoms with Gasteiger partial charge in [0.15, 0.2) is 0 Å². The van der Waals surface area contributed by atoms with Crippen molar-refractivity contribution in [3.8, 4) is 5.75 Å². The molecule has 2 aliphatic rings. The predicted octanol–water partition coefficient (Wildman–Crippen LogP) is 5.38.